The summed E-state index contributed by atoms with van der Waals surface area (Å²) in [5.74, 6) is 0. The highest BCUT2D eigenvalue weighted by molar-refractivity contribution is 7.14. The number of carbonyl (C=O) groups excluding carboxylic acids is 1. The van der Waals surface area contributed by atoms with Gasteiger partial charge in [-0.05, 0) is 54.3 Å². The van der Waals surface area contributed by atoms with Crippen molar-refractivity contribution in [1.82, 2.24) is 10.3 Å². The van der Waals surface area contributed by atoms with Gasteiger partial charge in [0.1, 0.15) is 0 Å². The Morgan fingerprint density at radius 3 is 2.84 bits per heavy atom. The molecule has 0 saturated heterocycles. The van der Waals surface area contributed by atoms with Crippen LogP contribution in [-0.2, 0) is 19.4 Å². The van der Waals surface area contributed by atoms with Crippen LogP contribution in [0.25, 0.3) is 11.3 Å². The minimum atomic E-state index is -0.222. The maximum Gasteiger partial charge on any atom is 0.321 e. The maximum atomic E-state index is 12.0. The van der Waals surface area contributed by atoms with Crippen LogP contribution in [-0.4, -0.2) is 11.0 Å². The van der Waals surface area contributed by atoms with Crippen molar-refractivity contribution in [3.63, 3.8) is 0 Å². The molecule has 0 unspecified atom stereocenters. The summed E-state index contributed by atoms with van der Waals surface area (Å²) in [6, 6.07) is 10.4. The van der Waals surface area contributed by atoms with Crippen LogP contribution in [0.3, 0.4) is 0 Å². The summed E-state index contributed by atoms with van der Waals surface area (Å²) in [6.45, 7) is 0.534. The number of nitrogens with zero attached hydrogens (tertiary/aromatic N) is 1. The average Bonchev–Trinajstić information content (AvgIpc) is 3.31. The van der Waals surface area contributed by atoms with E-state index in [-0.39, 0.29) is 6.03 Å². The van der Waals surface area contributed by atoms with Gasteiger partial charge in [0.15, 0.2) is 5.13 Å². The van der Waals surface area contributed by atoms with E-state index in [0.717, 1.165) is 22.6 Å². The van der Waals surface area contributed by atoms with E-state index in [1.54, 1.807) is 11.3 Å². The van der Waals surface area contributed by atoms with E-state index < -0.39 is 0 Å². The summed E-state index contributed by atoms with van der Waals surface area (Å²) in [5.41, 5.74) is 4.97. The lowest BCUT2D eigenvalue weighted by molar-refractivity contribution is 0.252. The summed E-state index contributed by atoms with van der Waals surface area (Å²) < 4.78 is 0. The molecule has 2 N–H and O–H groups in total. The summed E-state index contributed by atoms with van der Waals surface area (Å²) in [5, 5.41) is 10.3. The zero-order valence-corrected chi connectivity index (χ0v) is 15.4. The van der Waals surface area contributed by atoms with Crippen LogP contribution in [0, 0.1) is 0 Å². The molecule has 3 aromatic rings. The predicted octanol–water partition coefficient (Wildman–Crippen LogP) is 5.07. The second-order valence-electron chi connectivity index (χ2n) is 6.12. The Morgan fingerprint density at radius 1 is 1.12 bits per heavy atom. The van der Waals surface area contributed by atoms with E-state index in [2.05, 4.69) is 33.8 Å². The lowest BCUT2D eigenvalue weighted by atomic mass is 9.90. The number of nitrogens with one attached hydrogen (secondary N) is 2. The third-order valence-electron chi connectivity index (χ3n) is 4.37. The molecular weight excluding hydrogens is 350 g/mol. The highest BCUT2D eigenvalue weighted by Crippen LogP contribution is 2.29. The third kappa shape index (κ3) is 3.91. The summed E-state index contributed by atoms with van der Waals surface area (Å²) in [6.07, 6.45) is 4.90. The fourth-order valence-corrected chi connectivity index (χ4v) is 4.44. The number of hydrogen-bond donors (Lipinski definition) is 2. The number of rotatable bonds is 4. The number of anilines is 1. The number of amides is 2. The molecule has 128 valence electrons. The highest BCUT2D eigenvalue weighted by atomic mass is 32.1. The molecule has 2 aromatic heterocycles. The Labute approximate surface area is 154 Å². The van der Waals surface area contributed by atoms with Gasteiger partial charge in [-0.3, -0.25) is 5.32 Å². The normalized spacial score (nSPS) is 13.3. The molecule has 2 heterocycles. The first-order chi connectivity index (χ1) is 12.3. The van der Waals surface area contributed by atoms with E-state index in [9.17, 15) is 4.79 Å². The van der Waals surface area contributed by atoms with Crippen LogP contribution in [0.2, 0.25) is 0 Å². The van der Waals surface area contributed by atoms with Crippen molar-refractivity contribution >= 4 is 33.8 Å². The molecule has 4 nitrogen and oxygen atoms in total. The summed E-state index contributed by atoms with van der Waals surface area (Å²) >= 11 is 3.08. The Bertz CT molecular complexity index is 871. The largest absolute Gasteiger partial charge is 0.333 e. The molecule has 1 aromatic carbocycles. The van der Waals surface area contributed by atoms with Gasteiger partial charge in [0.25, 0.3) is 0 Å². The van der Waals surface area contributed by atoms with Crippen molar-refractivity contribution in [2.45, 2.75) is 32.2 Å². The first kappa shape index (κ1) is 16.3. The van der Waals surface area contributed by atoms with Crippen LogP contribution >= 0.6 is 22.7 Å². The fraction of sp³-hybridized carbons (Fsp3) is 0.263. The summed E-state index contributed by atoms with van der Waals surface area (Å²) in [7, 11) is 0. The number of thiazole rings is 1. The Balaban J connectivity index is 1.40. The van der Waals surface area contributed by atoms with Crippen molar-refractivity contribution in [2.24, 2.45) is 0 Å². The van der Waals surface area contributed by atoms with Crippen molar-refractivity contribution in [3.05, 3.63) is 57.1 Å². The number of carbonyl (C=O) groups is 1. The van der Waals surface area contributed by atoms with Crippen LogP contribution in [0.1, 0.15) is 28.8 Å². The van der Waals surface area contributed by atoms with Gasteiger partial charge in [-0.1, -0.05) is 18.2 Å². The van der Waals surface area contributed by atoms with Crippen molar-refractivity contribution in [2.75, 3.05) is 5.32 Å². The first-order valence-electron chi connectivity index (χ1n) is 8.43. The van der Waals surface area contributed by atoms with Crippen molar-refractivity contribution in [1.29, 1.82) is 0 Å². The van der Waals surface area contributed by atoms with E-state index in [1.807, 2.05) is 22.9 Å². The molecule has 0 spiro atoms. The molecule has 1 aliphatic carbocycles. The molecule has 0 fully saturated rings. The van der Waals surface area contributed by atoms with Gasteiger partial charge in [-0.15, -0.1) is 22.7 Å². The average molecular weight is 370 g/mol. The van der Waals surface area contributed by atoms with E-state index in [0.29, 0.717) is 11.7 Å². The van der Waals surface area contributed by atoms with Gasteiger partial charge in [-0.2, -0.15) is 0 Å². The zero-order valence-electron chi connectivity index (χ0n) is 13.7. The molecule has 25 heavy (non-hydrogen) atoms. The Morgan fingerprint density at radius 2 is 2.00 bits per heavy atom. The molecule has 0 aliphatic heterocycles. The number of benzene rings is 1. The lowest BCUT2D eigenvalue weighted by Gasteiger charge is -2.16. The van der Waals surface area contributed by atoms with Gasteiger partial charge < -0.3 is 5.32 Å². The molecule has 6 heteroatoms. The second-order valence-corrected chi connectivity index (χ2v) is 8.01. The number of thiophene rings is 1. The molecule has 1 aliphatic rings. The SMILES string of the molecule is O=C(NCc1cccs1)Nc1nc(-c2ccc3c(c2)CCCC3)cs1. The minimum Gasteiger partial charge on any atom is -0.333 e. The van der Waals surface area contributed by atoms with Gasteiger partial charge in [0.2, 0.25) is 0 Å². The topological polar surface area (TPSA) is 54.0 Å². The fourth-order valence-electron chi connectivity index (χ4n) is 3.08. The van der Waals surface area contributed by atoms with Crippen LogP contribution in [0.5, 0.6) is 0 Å². The van der Waals surface area contributed by atoms with Crippen LogP contribution in [0.15, 0.2) is 41.1 Å². The maximum absolute atomic E-state index is 12.0. The molecule has 0 atom stereocenters. The standard InChI is InChI=1S/C19H19N3OS2/c23-18(20-11-16-6-3-9-24-16)22-19-21-17(12-25-19)15-8-7-13-4-1-2-5-14(13)10-15/h3,6-10,12H,1-2,4-5,11H2,(H2,20,21,22,23). The monoisotopic (exact) mass is 369 g/mol. The lowest BCUT2D eigenvalue weighted by Crippen LogP contribution is -2.27. The van der Waals surface area contributed by atoms with Gasteiger partial charge in [0.05, 0.1) is 12.2 Å². The molecule has 0 saturated carbocycles. The highest BCUT2D eigenvalue weighted by Gasteiger charge is 2.12. The van der Waals surface area contributed by atoms with Gasteiger partial charge in [-0.25, -0.2) is 9.78 Å². The smallest absolute Gasteiger partial charge is 0.321 e. The third-order valence-corrected chi connectivity index (χ3v) is 6.01. The predicted molar refractivity (Wildman–Crippen MR) is 104 cm³/mol. The number of hydrogen-bond acceptors (Lipinski definition) is 4. The number of aromatic nitrogens is 1. The molecule has 4 rings (SSSR count). The minimum absolute atomic E-state index is 0.222. The van der Waals surface area contributed by atoms with Gasteiger partial charge >= 0.3 is 6.03 Å². The van der Waals surface area contributed by atoms with E-state index >= 15 is 0 Å². The van der Waals surface area contributed by atoms with Crippen LogP contribution in [0.4, 0.5) is 9.93 Å². The zero-order chi connectivity index (χ0) is 17.1. The molecular formula is C19H19N3OS2. The Kier molecular flexibility index (Phi) is 4.81. The number of urea groups is 1. The van der Waals surface area contributed by atoms with Crippen LogP contribution < -0.4 is 10.6 Å². The molecule has 0 bridgehead atoms. The Hall–Kier alpha value is -2.18. The summed E-state index contributed by atoms with van der Waals surface area (Å²) in [4.78, 5) is 17.7. The van der Waals surface area contributed by atoms with E-state index in [4.69, 9.17) is 0 Å². The van der Waals surface area contributed by atoms with Crippen molar-refractivity contribution in [3.8, 4) is 11.3 Å². The molecule has 0 radical (unpaired) electrons. The van der Waals surface area contributed by atoms with Crippen molar-refractivity contribution < 1.29 is 4.79 Å². The first-order valence-corrected chi connectivity index (χ1v) is 10.2. The molecule has 2 amide bonds. The number of fused-ring (bicyclic) bond motifs is 1. The second kappa shape index (κ2) is 7.37. The number of aryl methyl sites for hydroxylation is 2. The van der Waals surface area contributed by atoms with Gasteiger partial charge in [0, 0.05) is 15.8 Å². The quantitative estimate of drug-likeness (QED) is 0.674. The van der Waals surface area contributed by atoms with E-state index in [1.165, 1.54) is 41.7 Å².